The number of nitrogens with one attached hydrogen (secondary N) is 1. The van der Waals surface area contributed by atoms with E-state index in [-0.39, 0.29) is 34.0 Å². The van der Waals surface area contributed by atoms with E-state index in [2.05, 4.69) is 10.3 Å². The first-order chi connectivity index (χ1) is 14.5. The molecule has 31 heavy (non-hydrogen) atoms. The van der Waals surface area contributed by atoms with Crippen LogP contribution in [0.25, 0.3) is 0 Å². The third-order valence-electron chi connectivity index (χ3n) is 5.41. The molecule has 1 saturated heterocycles. The Hall–Kier alpha value is -2.79. The first-order valence-corrected chi connectivity index (χ1v) is 11.2. The van der Waals surface area contributed by atoms with Crippen LogP contribution in [0.1, 0.15) is 20.3 Å². The number of nitrogens with two attached hydrogens (primary N) is 1. The van der Waals surface area contributed by atoms with E-state index >= 15 is 0 Å². The van der Waals surface area contributed by atoms with Gasteiger partial charge in [0.1, 0.15) is 6.04 Å². The molecule has 11 heteroatoms. The number of carbonyl (C=O) groups excluding carboxylic acids is 1. The summed E-state index contributed by atoms with van der Waals surface area (Å²) >= 11 is 0. The number of nitrogens with zero attached hydrogens (tertiary/aromatic N) is 2. The number of carbonyl (C=O) groups is 1. The summed E-state index contributed by atoms with van der Waals surface area (Å²) in [6.07, 6.45) is 1.87. The molecule has 3 rings (SSSR count). The standard InChI is InChI=1S/C20H24F2N4O4S/c1-11(2)13-7-9-26(15-5-4-14(21)17(22)19(15)30-3)18(13)20(27)25-12-6-8-24-16(10-12)31(23,28)29/h4-6,8,10-11,13,18H,7,9H2,1-3H3,(H2,23,28,29)(H,24,25,27). The van der Waals surface area contributed by atoms with Gasteiger partial charge in [-0.25, -0.2) is 22.9 Å². The maximum Gasteiger partial charge on any atom is 0.255 e. The van der Waals surface area contributed by atoms with Crippen molar-refractivity contribution in [2.24, 2.45) is 17.0 Å². The number of pyridine rings is 1. The zero-order valence-corrected chi connectivity index (χ0v) is 18.1. The Morgan fingerprint density at radius 1 is 1.32 bits per heavy atom. The Morgan fingerprint density at radius 2 is 2.03 bits per heavy atom. The molecule has 1 amide bonds. The summed E-state index contributed by atoms with van der Waals surface area (Å²) < 4.78 is 56.2. The fourth-order valence-corrected chi connectivity index (χ4v) is 4.42. The van der Waals surface area contributed by atoms with Crippen LogP contribution in [0.2, 0.25) is 0 Å². The van der Waals surface area contributed by atoms with Gasteiger partial charge < -0.3 is 15.0 Å². The van der Waals surface area contributed by atoms with E-state index in [9.17, 15) is 22.0 Å². The Bertz CT molecular complexity index is 1090. The fraction of sp³-hybridized carbons (Fsp3) is 0.400. The van der Waals surface area contributed by atoms with Crippen molar-refractivity contribution >= 4 is 27.3 Å². The molecule has 0 aliphatic carbocycles. The van der Waals surface area contributed by atoms with Crippen molar-refractivity contribution in [2.45, 2.75) is 31.3 Å². The van der Waals surface area contributed by atoms with Gasteiger partial charge in [0.05, 0.1) is 12.8 Å². The molecule has 1 aromatic heterocycles. The third kappa shape index (κ3) is 4.62. The van der Waals surface area contributed by atoms with Crippen molar-refractivity contribution in [1.29, 1.82) is 0 Å². The lowest BCUT2D eigenvalue weighted by Gasteiger charge is -2.31. The highest BCUT2D eigenvalue weighted by molar-refractivity contribution is 7.89. The van der Waals surface area contributed by atoms with Crippen LogP contribution in [0.4, 0.5) is 20.2 Å². The second-order valence-corrected chi connectivity index (χ2v) is 9.17. The number of benzene rings is 1. The Labute approximate surface area is 179 Å². The zero-order chi connectivity index (χ0) is 22.9. The number of ether oxygens (including phenoxy) is 1. The minimum atomic E-state index is -4.04. The van der Waals surface area contributed by atoms with Gasteiger partial charge in [-0.05, 0) is 36.5 Å². The van der Waals surface area contributed by atoms with Crippen LogP contribution >= 0.6 is 0 Å². The van der Waals surface area contributed by atoms with Crippen LogP contribution in [0.5, 0.6) is 5.75 Å². The van der Waals surface area contributed by atoms with Crippen LogP contribution < -0.4 is 20.1 Å². The molecule has 2 atom stereocenters. The first kappa shape index (κ1) is 22.9. The SMILES string of the molecule is COc1c(N2CCC(C(C)C)C2C(=O)Nc2ccnc(S(N)(=O)=O)c2)ccc(F)c1F. The minimum absolute atomic E-state index is 0.0858. The molecule has 0 radical (unpaired) electrons. The van der Waals surface area contributed by atoms with Gasteiger partial charge in [0, 0.05) is 24.5 Å². The molecule has 1 fully saturated rings. The molecular formula is C20H24F2N4O4S. The van der Waals surface area contributed by atoms with E-state index in [1.807, 2.05) is 13.8 Å². The van der Waals surface area contributed by atoms with E-state index < -0.39 is 33.6 Å². The number of hydrogen-bond acceptors (Lipinski definition) is 6. The molecule has 1 aliphatic heterocycles. The quantitative estimate of drug-likeness (QED) is 0.693. The van der Waals surface area contributed by atoms with Crippen LogP contribution in [-0.4, -0.2) is 39.0 Å². The van der Waals surface area contributed by atoms with Gasteiger partial charge in [0.15, 0.2) is 16.6 Å². The Morgan fingerprint density at radius 3 is 2.65 bits per heavy atom. The van der Waals surface area contributed by atoms with Crippen LogP contribution in [0.3, 0.4) is 0 Å². The summed E-state index contributed by atoms with van der Waals surface area (Å²) in [4.78, 5) is 18.6. The molecule has 8 nitrogen and oxygen atoms in total. The van der Waals surface area contributed by atoms with E-state index in [0.717, 1.165) is 12.1 Å². The summed E-state index contributed by atoms with van der Waals surface area (Å²) in [6.45, 7) is 4.38. The molecule has 3 N–H and O–H groups in total. The van der Waals surface area contributed by atoms with Crippen molar-refractivity contribution in [3.63, 3.8) is 0 Å². The Balaban J connectivity index is 1.97. The van der Waals surface area contributed by atoms with Crippen LogP contribution in [0, 0.1) is 23.5 Å². The molecule has 2 aromatic rings. The first-order valence-electron chi connectivity index (χ1n) is 9.63. The number of hydrogen-bond donors (Lipinski definition) is 2. The van der Waals surface area contributed by atoms with Crippen LogP contribution in [0.15, 0.2) is 35.5 Å². The van der Waals surface area contributed by atoms with Crippen molar-refractivity contribution in [1.82, 2.24) is 4.98 Å². The van der Waals surface area contributed by atoms with E-state index in [4.69, 9.17) is 9.88 Å². The lowest BCUT2D eigenvalue weighted by Crippen LogP contribution is -2.44. The van der Waals surface area contributed by atoms with Crippen LogP contribution in [-0.2, 0) is 14.8 Å². The predicted octanol–water partition coefficient (Wildman–Crippen LogP) is 2.51. The largest absolute Gasteiger partial charge is 0.491 e. The lowest BCUT2D eigenvalue weighted by molar-refractivity contribution is -0.118. The molecule has 0 bridgehead atoms. The Kier molecular flexibility index (Phi) is 6.46. The van der Waals surface area contributed by atoms with Crippen molar-refractivity contribution in [2.75, 3.05) is 23.9 Å². The predicted molar refractivity (Wildman–Crippen MR) is 111 cm³/mol. The number of halogens is 2. The molecule has 0 spiro atoms. The minimum Gasteiger partial charge on any atom is -0.491 e. The zero-order valence-electron chi connectivity index (χ0n) is 17.3. The maximum atomic E-state index is 14.3. The smallest absolute Gasteiger partial charge is 0.255 e. The topological polar surface area (TPSA) is 115 Å². The lowest BCUT2D eigenvalue weighted by atomic mass is 9.88. The number of sulfonamides is 1. The maximum absolute atomic E-state index is 14.3. The van der Waals surface area contributed by atoms with Gasteiger partial charge in [-0.15, -0.1) is 0 Å². The average Bonchev–Trinajstić information content (AvgIpc) is 3.15. The second kappa shape index (κ2) is 8.75. The molecule has 2 heterocycles. The normalized spacial score (nSPS) is 19.0. The highest BCUT2D eigenvalue weighted by Crippen LogP contribution is 2.40. The molecule has 1 aliphatic rings. The van der Waals surface area contributed by atoms with Gasteiger partial charge in [-0.3, -0.25) is 4.79 Å². The van der Waals surface area contributed by atoms with E-state index in [0.29, 0.717) is 13.0 Å². The summed E-state index contributed by atoms with van der Waals surface area (Å²) in [7, 11) is -2.81. The summed E-state index contributed by atoms with van der Waals surface area (Å²) in [5.41, 5.74) is 0.472. The number of methoxy groups -OCH3 is 1. The van der Waals surface area contributed by atoms with Gasteiger partial charge in [0.25, 0.3) is 10.0 Å². The summed E-state index contributed by atoms with van der Waals surface area (Å²) in [5.74, 6) is -2.84. The highest BCUT2D eigenvalue weighted by atomic mass is 32.2. The van der Waals surface area contributed by atoms with Gasteiger partial charge in [-0.2, -0.15) is 4.39 Å². The second-order valence-electron chi connectivity index (χ2n) is 7.67. The molecule has 0 saturated carbocycles. The number of anilines is 2. The number of amides is 1. The molecule has 168 valence electrons. The monoisotopic (exact) mass is 454 g/mol. The number of aromatic nitrogens is 1. The molecule has 2 unspecified atom stereocenters. The van der Waals surface area contributed by atoms with Crippen molar-refractivity contribution in [3.8, 4) is 5.75 Å². The van der Waals surface area contributed by atoms with E-state index in [1.54, 1.807) is 4.90 Å². The summed E-state index contributed by atoms with van der Waals surface area (Å²) in [6, 6.07) is 4.26. The molecular weight excluding hydrogens is 430 g/mol. The van der Waals surface area contributed by atoms with Crippen molar-refractivity contribution in [3.05, 3.63) is 42.1 Å². The van der Waals surface area contributed by atoms with E-state index in [1.165, 1.54) is 25.4 Å². The van der Waals surface area contributed by atoms with Gasteiger partial charge >= 0.3 is 0 Å². The van der Waals surface area contributed by atoms with Crippen molar-refractivity contribution < 1.29 is 26.7 Å². The number of primary sulfonamides is 1. The number of rotatable bonds is 6. The highest BCUT2D eigenvalue weighted by Gasteiger charge is 2.42. The third-order valence-corrected chi connectivity index (χ3v) is 6.21. The average molecular weight is 454 g/mol. The van der Waals surface area contributed by atoms with Gasteiger partial charge in [-0.1, -0.05) is 13.8 Å². The fourth-order valence-electron chi connectivity index (χ4n) is 3.92. The molecule has 1 aromatic carbocycles. The van der Waals surface area contributed by atoms with Gasteiger partial charge in [0.2, 0.25) is 11.7 Å². The summed E-state index contributed by atoms with van der Waals surface area (Å²) in [5, 5.41) is 7.42.